The monoisotopic (exact) mass is 331 g/mol. The zero-order valence-electron chi connectivity index (χ0n) is 12.8. The van der Waals surface area contributed by atoms with Crippen molar-refractivity contribution in [3.05, 3.63) is 83.4 Å². The fourth-order valence-corrected chi connectivity index (χ4v) is 2.51. The molecule has 0 spiro atoms. The van der Waals surface area contributed by atoms with E-state index in [4.69, 9.17) is 5.73 Å². The van der Waals surface area contributed by atoms with Gasteiger partial charge in [0.1, 0.15) is 5.82 Å². The molecule has 0 aliphatic rings. The van der Waals surface area contributed by atoms with Crippen LogP contribution in [-0.4, -0.2) is 9.55 Å². The summed E-state index contributed by atoms with van der Waals surface area (Å²) < 4.78 is 40.3. The first-order valence-corrected chi connectivity index (χ1v) is 7.42. The number of nitrogens with two attached hydrogens (primary N) is 1. The predicted octanol–water partition coefficient (Wildman–Crippen LogP) is 4.12. The first-order valence-electron chi connectivity index (χ1n) is 7.42. The van der Waals surface area contributed by atoms with E-state index in [-0.39, 0.29) is 0 Å². The number of rotatable bonds is 4. The van der Waals surface area contributed by atoms with Gasteiger partial charge in [0.25, 0.3) is 0 Å². The number of alkyl halides is 3. The Morgan fingerprint density at radius 2 is 1.75 bits per heavy atom. The molecule has 0 bridgehead atoms. The quantitative estimate of drug-likeness (QED) is 0.731. The average Bonchev–Trinajstić information content (AvgIpc) is 2.96. The highest BCUT2D eigenvalue weighted by Crippen LogP contribution is 2.29. The molecule has 0 saturated carbocycles. The summed E-state index contributed by atoms with van der Waals surface area (Å²) in [6.45, 7) is 0.341. The SMILES string of the molecule is Nc1ccc(Cc2nccn2Cc2cccc(C(F)(F)F)c2)cc1. The van der Waals surface area contributed by atoms with Crippen LogP contribution in [0.25, 0.3) is 0 Å². The van der Waals surface area contributed by atoms with E-state index in [2.05, 4.69) is 4.98 Å². The van der Waals surface area contributed by atoms with Crippen LogP contribution in [-0.2, 0) is 19.1 Å². The number of halogens is 3. The molecule has 0 unspecified atom stereocenters. The highest BCUT2D eigenvalue weighted by molar-refractivity contribution is 5.40. The average molecular weight is 331 g/mol. The van der Waals surface area contributed by atoms with Crippen LogP contribution in [0.3, 0.4) is 0 Å². The first kappa shape index (κ1) is 16.1. The second-order valence-corrected chi connectivity index (χ2v) is 5.59. The number of imidazole rings is 1. The van der Waals surface area contributed by atoms with Crippen LogP contribution in [0, 0.1) is 0 Å². The number of benzene rings is 2. The van der Waals surface area contributed by atoms with E-state index in [9.17, 15) is 13.2 Å². The standard InChI is InChI=1S/C18H16F3N3/c19-18(20,21)15-3-1-2-14(10-15)12-24-9-8-23-17(24)11-13-4-6-16(22)7-5-13/h1-10H,11-12,22H2. The van der Waals surface area contributed by atoms with E-state index in [1.165, 1.54) is 12.1 Å². The van der Waals surface area contributed by atoms with Gasteiger partial charge in [0.2, 0.25) is 0 Å². The summed E-state index contributed by atoms with van der Waals surface area (Å²) in [6.07, 6.45) is -0.322. The molecule has 24 heavy (non-hydrogen) atoms. The maximum Gasteiger partial charge on any atom is 0.416 e. The van der Waals surface area contributed by atoms with Crippen molar-refractivity contribution in [3.63, 3.8) is 0 Å². The van der Waals surface area contributed by atoms with Gasteiger partial charge in [0, 0.05) is 31.0 Å². The third kappa shape index (κ3) is 3.76. The fraction of sp³-hybridized carbons (Fsp3) is 0.167. The van der Waals surface area contributed by atoms with E-state index in [0.717, 1.165) is 17.5 Å². The minimum atomic E-state index is -4.34. The first-order chi connectivity index (χ1) is 11.4. The van der Waals surface area contributed by atoms with E-state index < -0.39 is 11.7 Å². The van der Waals surface area contributed by atoms with Crippen molar-refractivity contribution in [1.82, 2.24) is 9.55 Å². The minimum absolute atomic E-state index is 0.341. The van der Waals surface area contributed by atoms with Crippen molar-refractivity contribution in [2.45, 2.75) is 19.1 Å². The lowest BCUT2D eigenvalue weighted by Crippen LogP contribution is -2.08. The van der Waals surface area contributed by atoms with Crippen molar-refractivity contribution in [2.75, 3.05) is 5.73 Å². The summed E-state index contributed by atoms with van der Waals surface area (Å²) in [5.41, 5.74) is 7.34. The Morgan fingerprint density at radius 1 is 1.00 bits per heavy atom. The topological polar surface area (TPSA) is 43.8 Å². The van der Waals surface area contributed by atoms with E-state index in [1.807, 2.05) is 28.8 Å². The Morgan fingerprint density at radius 3 is 2.46 bits per heavy atom. The molecule has 3 nitrogen and oxygen atoms in total. The van der Waals surface area contributed by atoms with Gasteiger partial charge in [0.15, 0.2) is 0 Å². The highest BCUT2D eigenvalue weighted by Gasteiger charge is 2.30. The van der Waals surface area contributed by atoms with Crippen molar-refractivity contribution < 1.29 is 13.2 Å². The van der Waals surface area contributed by atoms with Crippen LogP contribution in [0.15, 0.2) is 60.9 Å². The van der Waals surface area contributed by atoms with Crippen LogP contribution in [0.5, 0.6) is 0 Å². The van der Waals surface area contributed by atoms with Crippen molar-refractivity contribution in [2.24, 2.45) is 0 Å². The lowest BCUT2D eigenvalue weighted by molar-refractivity contribution is -0.137. The largest absolute Gasteiger partial charge is 0.416 e. The molecule has 2 aromatic carbocycles. The Hall–Kier alpha value is -2.76. The van der Waals surface area contributed by atoms with Crippen LogP contribution in [0.2, 0.25) is 0 Å². The van der Waals surface area contributed by atoms with E-state index in [0.29, 0.717) is 24.2 Å². The van der Waals surface area contributed by atoms with Gasteiger partial charge in [0.05, 0.1) is 5.56 Å². The highest BCUT2D eigenvalue weighted by atomic mass is 19.4. The molecule has 0 atom stereocenters. The van der Waals surface area contributed by atoms with Crippen molar-refractivity contribution >= 4 is 5.69 Å². The maximum atomic E-state index is 12.8. The molecule has 124 valence electrons. The van der Waals surface area contributed by atoms with Crippen LogP contribution in [0.4, 0.5) is 18.9 Å². The fourth-order valence-electron chi connectivity index (χ4n) is 2.51. The second-order valence-electron chi connectivity index (χ2n) is 5.59. The molecule has 1 heterocycles. The number of aromatic nitrogens is 2. The van der Waals surface area contributed by atoms with Gasteiger partial charge in [-0.3, -0.25) is 0 Å². The van der Waals surface area contributed by atoms with Gasteiger partial charge < -0.3 is 10.3 Å². The summed E-state index contributed by atoms with van der Waals surface area (Å²) in [4.78, 5) is 4.31. The second kappa shape index (κ2) is 6.39. The molecule has 0 fully saturated rings. The van der Waals surface area contributed by atoms with E-state index in [1.54, 1.807) is 18.5 Å². The number of nitrogens with zero attached hydrogens (tertiary/aromatic N) is 2. The molecular formula is C18H16F3N3. The Bertz CT molecular complexity index is 820. The maximum absolute atomic E-state index is 12.8. The Kier molecular flexibility index (Phi) is 4.29. The molecule has 0 saturated heterocycles. The van der Waals surface area contributed by atoms with Gasteiger partial charge in [-0.25, -0.2) is 4.98 Å². The van der Waals surface area contributed by atoms with Gasteiger partial charge in [-0.1, -0.05) is 24.3 Å². The van der Waals surface area contributed by atoms with Gasteiger partial charge in [-0.05, 0) is 35.4 Å². The Balaban J connectivity index is 1.80. The molecule has 3 rings (SSSR count). The predicted molar refractivity (Wildman–Crippen MR) is 86.4 cm³/mol. The summed E-state index contributed by atoms with van der Waals surface area (Å²) in [7, 11) is 0. The zero-order valence-corrected chi connectivity index (χ0v) is 12.8. The van der Waals surface area contributed by atoms with Crippen molar-refractivity contribution in [3.8, 4) is 0 Å². The lowest BCUT2D eigenvalue weighted by atomic mass is 10.1. The van der Waals surface area contributed by atoms with Gasteiger partial charge >= 0.3 is 6.18 Å². The molecule has 0 aliphatic heterocycles. The smallest absolute Gasteiger partial charge is 0.399 e. The molecule has 1 aromatic heterocycles. The number of nitrogen functional groups attached to an aromatic ring is 1. The summed E-state index contributed by atoms with van der Waals surface area (Å²) in [5.74, 6) is 0.789. The normalized spacial score (nSPS) is 11.6. The van der Waals surface area contributed by atoms with Gasteiger partial charge in [-0.2, -0.15) is 13.2 Å². The third-order valence-corrected chi connectivity index (χ3v) is 3.75. The molecule has 0 radical (unpaired) electrons. The molecule has 2 N–H and O–H groups in total. The van der Waals surface area contributed by atoms with Crippen LogP contribution < -0.4 is 5.73 Å². The minimum Gasteiger partial charge on any atom is -0.399 e. The molecule has 0 aliphatic carbocycles. The summed E-state index contributed by atoms with van der Waals surface area (Å²) in [5, 5.41) is 0. The van der Waals surface area contributed by atoms with Crippen LogP contribution in [0.1, 0.15) is 22.5 Å². The zero-order chi connectivity index (χ0) is 17.2. The van der Waals surface area contributed by atoms with Crippen LogP contribution >= 0.6 is 0 Å². The van der Waals surface area contributed by atoms with Crippen molar-refractivity contribution in [1.29, 1.82) is 0 Å². The summed E-state index contributed by atoms with van der Waals surface area (Å²) >= 11 is 0. The molecule has 0 amide bonds. The van der Waals surface area contributed by atoms with E-state index >= 15 is 0 Å². The number of hydrogen-bond acceptors (Lipinski definition) is 2. The summed E-state index contributed by atoms with van der Waals surface area (Å²) in [6, 6.07) is 12.8. The number of anilines is 1. The number of hydrogen-bond donors (Lipinski definition) is 1. The lowest BCUT2D eigenvalue weighted by Gasteiger charge is -2.11. The molecule has 3 aromatic rings. The molecule has 6 heteroatoms. The van der Waals surface area contributed by atoms with Gasteiger partial charge in [-0.15, -0.1) is 0 Å². The molecular weight excluding hydrogens is 315 g/mol. The Labute approximate surface area is 137 Å². The third-order valence-electron chi connectivity index (χ3n) is 3.75.